The second kappa shape index (κ2) is 7.07. The molecule has 8 heteroatoms. The second-order valence-corrected chi connectivity index (χ2v) is 4.13. The van der Waals surface area contributed by atoms with Gasteiger partial charge in [0.05, 0.1) is 12.7 Å². The van der Waals surface area contributed by atoms with Crippen molar-refractivity contribution in [1.29, 1.82) is 0 Å². The number of benzene rings is 1. The highest BCUT2D eigenvalue weighted by molar-refractivity contribution is 5.96. The summed E-state index contributed by atoms with van der Waals surface area (Å²) in [5.41, 5.74) is 0.463. The summed E-state index contributed by atoms with van der Waals surface area (Å²) in [5.74, 6) is -1.34. The number of anilines is 1. The molecule has 1 aromatic carbocycles. The molecule has 0 aromatic heterocycles. The SMILES string of the molecule is COC(=O)c1cccc(NC(=O)[C@H](C)OCC(F)(F)F)c1. The number of rotatable bonds is 5. The van der Waals surface area contributed by atoms with Gasteiger partial charge < -0.3 is 14.8 Å². The molecule has 0 aliphatic carbocycles. The van der Waals surface area contributed by atoms with E-state index in [4.69, 9.17) is 0 Å². The van der Waals surface area contributed by atoms with E-state index in [1.807, 2.05) is 0 Å². The zero-order chi connectivity index (χ0) is 16.0. The molecular formula is C13H14F3NO4. The van der Waals surface area contributed by atoms with E-state index >= 15 is 0 Å². The molecule has 0 radical (unpaired) electrons. The second-order valence-electron chi connectivity index (χ2n) is 4.13. The molecule has 1 aromatic rings. The smallest absolute Gasteiger partial charge is 0.411 e. The lowest BCUT2D eigenvalue weighted by molar-refractivity contribution is -0.184. The van der Waals surface area contributed by atoms with Gasteiger partial charge in [0.25, 0.3) is 5.91 Å². The van der Waals surface area contributed by atoms with Crippen LogP contribution in [0.4, 0.5) is 18.9 Å². The maximum atomic E-state index is 12.0. The predicted octanol–water partition coefficient (Wildman–Crippen LogP) is 2.38. The lowest BCUT2D eigenvalue weighted by Gasteiger charge is -2.15. The first-order valence-electron chi connectivity index (χ1n) is 5.90. The molecule has 0 heterocycles. The van der Waals surface area contributed by atoms with Crippen LogP contribution in [0, 0.1) is 0 Å². The third kappa shape index (κ3) is 5.82. The van der Waals surface area contributed by atoms with Crippen molar-refractivity contribution in [3.8, 4) is 0 Å². The van der Waals surface area contributed by atoms with Crippen LogP contribution in [0.3, 0.4) is 0 Å². The number of carbonyl (C=O) groups excluding carboxylic acids is 2. The first-order chi connectivity index (χ1) is 9.73. The van der Waals surface area contributed by atoms with E-state index in [0.29, 0.717) is 0 Å². The van der Waals surface area contributed by atoms with Gasteiger partial charge in [-0.3, -0.25) is 4.79 Å². The van der Waals surface area contributed by atoms with Gasteiger partial charge in [0.15, 0.2) is 0 Å². The average molecular weight is 305 g/mol. The van der Waals surface area contributed by atoms with Crippen LogP contribution in [0.25, 0.3) is 0 Å². The van der Waals surface area contributed by atoms with Crippen molar-refractivity contribution in [3.05, 3.63) is 29.8 Å². The minimum atomic E-state index is -4.50. The topological polar surface area (TPSA) is 64.6 Å². The van der Waals surface area contributed by atoms with Gasteiger partial charge in [-0.1, -0.05) is 6.07 Å². The van der Waals surface area contributed by atoms with Crippen molar-refractivity contribution >= 4 is 17.6 Å². The summed E-state index contributed by atoms with van der Waals surface area (Å²) in [6.45, 7) is -0.310. The average Bonchev–Trinajstić information content (AvgIpc) is 2.43. The molecule has 0 bridgehead atoms. The van der Waals surface area contributed by atoms with E-state index in [1.54, 1.807) is 0 Å². The number of methoxy groups -OCH3 is 1. The van der Waals surface area contributed by atoms with Crippen LogP contribution in [-0.4, -0.2) is 37.9 Å². The molecule has 0 fully saturated rings. The Labute approximate surface area is 119 Å². The zero-order valence-electron chi connectivity index (χ0n) is 11.4. The Bertz CT molecular complexity index is 516. The molecule has 0 spiro atoms. The molecule has 21 heavy (non-hydrogen) atoms. The van der Waals surface area contributed by atoms with Crippen molar-refractivity contribution < 1.29 is 32.2 Å². The first kappa shape index (κ1) is 17.0. The number of hydrogen-bond donors (Lipinski definition) is 1. The Balaban J connectivity index is 2.64. The highest BCUT2D eigenvalue weighted by atomic mass is 19.4. The quantitative estimate of drug-likeness (QED) is 0.848. The van der Waals surface area contributed by atoms with Gasteiger partial charge in [0.1, 0.15) is 12.7 Å². The maximum absolute atomic E-state index is 12.0. The Hall–Kier alpha value is -2.09. The van der Waals surface area contributed by atoms with Crippen LogP contribution in [-0.2, 0) is 14.3 Å². The van der Waals surface area contributed by atoms with E-state index in [9.17, 15) is 22.8 Å². The number of nitrogens with one attached hydrogen (secondary N) is 1. The largest absolute Gasteiger partial charge is 0.465 e. The number of halogens is 3. The van der Waals surface area contributed by atoms with E-state index < -0.39 is 30.8 Å². The molecule has 0 aliphatic heterocycles. The Morgan fingerprint density at radius 1 is 1.33 bits per heavy atom. The van der Waals surface area contributed by atoms with Gasteiger partial charge in [-0.2, -0.15) is 13.2 Å². The molecule has 1 rings (SSSR count). The summed E-state index contributed by atoms with van der Waals surface area (Å²) in [4.78, 5) is 23.0. The molecule has 0 unspecified atom stereocenters. The number of ether oxygens (including phenoxy) is 2. The van der Waals surface area contributed by atoms with Gasteiger partial charge >= 0.3 is 12.1 Å². The number of hydrogen-bond acceptors (Lipinski definition) is 4. The number of carbonyl (C=O) groups is 2. The van der Waals surface area contributed by atoms with E-state index in [0.717, 1.165) is 0 Å². The van der Waals surface area contributed by atoms with Gasteiger partial charge in [-0.25, -0.2) is 4.79 Å². The van der Waals surface area contributed by atoms with Crippen LogP contribution >= 0.6 is 0 Å². The molecule has 5 nitrogen and oxygen atoms in total. The maximum Gasteiger partial charge on any atom is 0.411 e. The fraction of sp³-hybridized carbons (Fsp3) is 0.385. The van der Waals surface area contributed by atoms with Crippen molar-refractivity contribution in [2.24, 2.45) is 0 Å². The van der Waals surface area contributed by atoms with Gasteiger partial charge in [-0.05, 0) is 25.1 Å². The van der Waals surface area contributed by atoms with Gasteiger partial charge in [0, 0.05) is 5.69 Å². The van der Waals surface area contributed by atoms with E-state index in [2.05, 4.69) is 14.8 Å². The third-order valence-electron chi connectivity index (χ3n) is 2.42. The lowest BCUT2D eigenvalue weighted by Crippen LogP contribution is -2.31. The number of alkyl halides is 3. The van der Waals surface area contributed by atoms with E-state index in [1.165, 1.54) is 38.3 Å². The fourth-order valence-electron chi connectivity index (χ4n) is 1.38. The van der Waals surface area contributed by atoms with Crippen LogP contribution in [0.5, 0.6) is 0 Å². The van der Waals surface area contributed by atoms with Crippen molar-refractivity contribution in [1.82, 2.24) is 0 Å². The highest BCUT2D eigenvalue weighted by Crippen LogP contribution is 2.16. The third-order valence-corrected chi connectivity index (χ3v) is 2.42. The molecule has 0 aliphatic rings. The van der Waals surface area contributed by atoms with Crippen LogP contribution in [0.15, 0.2) is 24.3 Å². The number of esters is 1. The summed E-state index contributed by atoms with van der Waals surface area (Å²) >= 11 is 0. The molecule has 0 saturated heterocycles. The van der Waals surface area contributed by atoms with E-state index in [-0.39, 0.29) is 11.3 Å². The van der Waals surface area contributed by atoms with Crippen molar-refractivity contribution in [2.75, 3.05) is 19.0 Å². The van der Waals surface area contributed by atoms with Gasteiger partial charge in [-0.15, -0.1) is 0 Å². The summed E-state index contributed by atoms with van der Waals surface area (Å²) in [6, 6.07) is 5.81. The monoisotopic (exact) mass is 305 g/mol. The predicted molar refractivity (Wildman–Crippen MR) is 67.9 cm³/mol. The molecule has 116 valence electrons. The molecule has 1 N–H and O–H groups in total. The Kier molecular flexibility index (Phi) is 5.71. The Morgan fingerprint density at radius 3 is 2.57 bits per heavy atom. The summed E-state index contributed by atoms with van der Waals surface area (Å²) in [6.07, 6.45) is -5.78. The summed E-state index contributed by atoms with van der Waals surface area (Å²) in [5, 5.41) is 2.36. The highest BCUT2D eigenvalue weighted by Gasteiger charge is 2.29. The fourth-order valence-corrected chi connectivity index (χ4v) is 1.38. The zero-order valence-corrected chi connectivity index (χ0v) is 11.4. The summed E-state index contributed by atoms with van der Waals surface area (Å²) < 4.78 is 44.9. The standard InChI is InChI=1S/C13H14F3NO4/c1-8(21-7-13(14,15)16)11(18)17-10-5-3-4-9(6-10)12(19)20-2/h3-6,8H,7H2,1-2H3,(H,17,18)/t8-/m0/s1. The van der Waals surface area contributed by atoms with Crippen molar-refractivity contribution in [3.63, 3.8) is 0 Å². The normalized spacial score (nSPS) is 12.6. The lowest BCUT2D eigenvalue weighted by atomic mass is 10.2. The minimum Gasteiger partial charge on any atom is -0.465 e. The molecular weight excluding hydrogens is 291 g/mol. The van der Waals surface area contributed by atoms with Crippen LogP contribution in [0.2, 0.25) is 0 Å². The summed E-state index contributed by atoms with van der Waals surface area (Å²) in [7, 11) is 1.21. The molecule has 1 atom stereocenters. The molecule has 1 amide bonds. The Morgan fingerprint density at radius 2 is 2.00 bits per heavy atom. The number of amides is 1. The molecule has 0 saturated carbocycles. The minimum absolute atomic E-state index is 0.208. The van der Waals surface area contributed by atoms with Crippen LogP contribution < -0.4 is 5.32 Å². The van der Waals surface area contributed by atoms with Crippen LogP contribution in [0.1, 0.15) is 17.3 Å². The van der Waals surface area contributed by atoms with Gasteiger partial charge in [0.2, 0.25) is 0 Å². The van der Waals surface area contributed by atoms with Crippen molar-refractivity contribution in [2.45, 2.75) is 19.2 Å². The first-order valence-corrected chi connectivity index (χ1v) is 5.90.